The summed E-state index contributed by atoms with van der Waals surface area (Å²) in [4.78, 5) is 26.6. The van der Waals surface area contributed by atoms with E-state index in [4.69, 9.17) is 10.7 Å². The van der Waals surface area contributed by atoms with Crippen molar-refractivity contribution >= 4 is 45.0 Å². The van der Waals surface area contributed by atoms with E-state index in [1.807, 2.05) is 23.1 Å². The van der Waals surface area contributed by atoms with Gasteiger partial charge in [-0.3, -0.25) is 4.79 Å². The van der Waals surface area contributed by atoms with E-state index in [0.29, 0.717) is 23.3 Å². The number of hydrogen-bond acceptors (Lipinski definition) is 6. The summed E-state index contributed by atoms with van der Waals surface area (Å²) < 4.78 is 0. The number of benzene rings is 1. The summed E-state index contributed by atoms with van der Waals surface area (Å²) in [6.45, 7) is 6.78. The molecule has 1 aliphatic carbocycles. The molecule has 0 spiro atoms. The highest BCUT2D eigenvalue weighted by atomic mass is 32.2. The molecule has 0 saturated carbocycles. The van der Waals surface area contributed by atoms with Crippen LogP contribution in [0.5, 0.6) is 0 Å². The van der Waals surface area contributed by atoms with Crippen LogP contribution in [0.4, 0.5) is 5.82 Å². The number of aromatic nitrogens is 2. The maximum atomic E-state index is 13.1. The Bertz CT molecular complexity index is 1060. The van der Waals surface area contributed by atoms with E-state index in [2.05, 4.69) is 37.9 Å². The number of amides is 1. The van der Waals surface area contributed by atoms with Crippen LogP contribution in [0.1, 0.15) is 49.6 Å². The molecule has 0 radical (unpaired) electrons. The minimum atomic E-state index is -0.274. The molecule has 3 aromatic rings. The fourth-order valence-corrected chi connectivity index (χ4v) is 5.95. The van der Waals surface area contributed by atoms with Crippen molar-refractivity contribution in [1.29, 1.82) is 0 Å². The van der Waals surface area contributed by atoms with Gasteiger partial charge in [0.15, 0.2) is 5.16 Å². The molecule has 158 valence electrons. The number of carbonyl (C=O) groups is 1. The van der Waals surface area contributed by atoms with Crippen LogP contribution in [0.15, 0.2) is 35.5 Å². The number of thiophene rings is 1. The Labute approximate surface area is 186 Å². The Morgan fingerprint density at radius 1 is 1.17 bits per heavy atom. The van der Waals surface area contributed by atoms with Crippen molar-refractivity contribution in [2.75, 3.05) is 11.5 Å². The summed E-state index contributed by atoms with van der Waals surface area (Å²) in [6, 6.07) is 10.1. The van der Waals surface area contributed by atoms with Gasteiger partial charge in [0.2, 0.25) is 5.91 Å². The van der Waals surface area contributed by atoms with E-state index in [1.165, 1.54) is 35.0 Å². The van der Waals surface area contributed by atoms with Gasteiger partial charge in [-0.05, 0) is 57.6 Å². The van der Waals surface area contributed by atoms with E-state index >= 15 is 0 Å². The van der Waals surface area contributed by atoms with Crippen molar-refractivity contribution in [1.82, 2.24) is 14.9 Å². The van der Waals surface area contributed by atoms with E-state index < -0.39 is 0 Å². The van der Waals surface area contributed by atoms with Gasteiger partial charge in [0, 0.05) is 17.0 Å². The fraction of sp³-hybridized carbons (Fsp3) is 0.435. The van der Waals surface area contributed by atoms with Gasteiger partial charge in [0.1, 0.15) is 10.6 Å². The van der Waals surface area contributed by atoms with E-state index in [0.717, 1.165) is 28.6 Å². The van der Waals surface area contributed by atoms with Crippen molar-refractivity contribution in [3.63, 3.8) is 0 Å². The fourth-order valence-electron chi connectivity index (χ4n) is 3.90. The highest BCUT2D eigenvalue weighted by Crippen LogP contribution is 2.38. The second kappa shape index (κ2) is 8.55. The van der Waals surface area contributed by atoms with Gasteiger partial charge >= 0.3 is 0 Å². The first-order valence-corrected chi connectivity index (χ1v) is 12.2. The molecule has 30 heavy (non-hydrogen) atoms. The normalized spacial score (nSPS) is 14.0. The topological polar surface area (TPSA) is 72.1 Å². The van der Waals surface area contributed by atoms with Gasteiger partial charge in [0.25, 0.3) is 0 Å². The van der Waals surface area contributed by atoms with Crippen molar-refractivity contribution in [3.05, 3.63) is 46.3 Å². The maximum Gasteiger partial charge on any atom is 0.233 e. The Balaban J connectivity index is 1.51. The minimum absolute atomic E-state index is 0.0732. The predicted molar refractivity (Wildman–Crippen MR) is 126 cm³/mol. The molecule has 2 aromatic heterocycles. The van der Waals surface area contributed by atoms with E-state index in [1.54, 1.807) is 11.3 Å². The first-order valence-electron chi connectivity index (χ1n) is 10.4. The second-order valence-corrected chi connectivity index (χ2v) is 10.7. The zero-order chi connectivity index (χ0) is 21.3. The number of nitrogen functional groups attached to an aromatic ring is 1. The van der Waals surface area contributed by atoms with Gasteiger partial charge in [-0.15, -0.1) is 11.3 Å². The largest absolute Gasteiger partial charge is 0.383 e. The van der Waals surface area contributed by atoms with Crippen molar-refractivity contribution < 1.29 is 4.79 Å². The van der Waals surface area contributed by atoms with Gasteiger partial charge in [-0.25, -0.2) is 9.97 Å². The molecule has 4 rings (SSSR count). The Kier molecular flexibility index (Phi) is 6.02. The Morgan fingerprint density at radius 2 is 1.90 bits per heavy atom. The third-order valence-corrected chi connectivity index (χ3v) is 7.46. The van der Waals surface area contributed by atoms with Gasteiger partial charge in [-0.1, -0.05) is 42.1 Å². The number of carbonyl (C=O) groups excluding carboxylic acids is 1. The zero-order valence-electron chi connectivity index (χ0n) is 17.8. The molecule has 0 aliphatic heterocycles. The summed E-state index contributed by atoms with van der Waals surface area (Å²) in [5, 5.41) is 1.62. The lowest BCUT2D eigenvalue weighted by Gasteiger charge is -2.36. The standard InChI is InChI=1S/C23H28N4OS2/c1-23(2,3)27(13-15-9-5-4-6-10-15)18(28)14-29-22-25-20(24)19-16-11-7-8-12-17(16)30-21(19)26-22/h4-6,9-10H,7-8,11-14H2,1-3H3,(H2,24,25,26). The van der Waals surface area contributed by atoms with Crippen LogP contribution >= 0.6 is 23.1 Å². The molecule has 0 bridgehead atoms. The molecule has 0 saturated heterocycles. The Hall–Kier alpha value is -2.12. The van der Waals surface area contributed by atoms with Crippen LogP contribution in [0.2, 0.25) is 0 Å². The monoisotopic (exact) mass is 440 g/mol. The Morgan fingerprint density at radius 3 is 2.63 bits per heavy atom. The average Bonchev–Trinajstić information content (AvgIpc) is 3.09. The number of aryl methyl sites for hydroxylation is 2. The number of rotatable bonds is 5. The SMILES string of the molecule is CC(C)(C)N(Cc1ccccc1)C(=O)CSc1nc(N)c2c3c(sc2n1)CCCC3. The third-order valence-electron chi connectivity index (χ3n) is 5.44. The highest BCUT2D eigenvalue weighted by Gasteiger charge is 2.27. The number of hydrogen-bond donors (Lipinski definition) is 1. The first-order chi connectivity index (χ1) is 14.3. The molecular formula is C23H28N4OS2. The van der Waals surface area contributed by atoms with Crippen LogP contribution in [-0.2, 0) is 24.2 Å². The lowest BCUT2D eigenvalue weighted by Crippen LogP contribution is -2.45. The number of anilines is 1. The number of thioether (sulfide) groups is 1. The zero-order valence-corrected chi connectivity index (χ0v) is 19.4. The number of fused-ring (bicyclic) bond motifs is 3. The summed E-state index contributed by atoms with van der Waals surface area (Å²) in [6.07, 6.45) is 4.60. The number of nitrogens with zero attached hydrogens (tertiary/aromatic N) is 3. The lowest BCUT2D eigenvalue weighted by atomic mass is 9.97. The van der Waals surface area contributed by atoms with E-state index in [9.17, 15) is 4.79 Å². The average molecular weight is 441 g/mol. The van der Waals surface area contributed by atoms with E-state index in [-0.39, 0.29) is 11.4 Å². The first kappa shape index (κ1) is 21.1. The van der Waals surface area contributed by atoms with Crippen LogP contribution in [-0.4, -0.2) is 32.1 Å². The molecule has 1 aromatic carbocycles. The molecule has 0 atom stereocenters. The minimum Gasteiger partial charge on any atom is -0.383 e. The van der Waals surface area contributed by atoms with Crippen LogP contribution in [0, 0.1) is 0 Å². The molecule has 1 amide bonds. The van der Waals surface area contributed by atoms with Crippen molar-refractivity contribution in [2.45, 2.75) is 63.7 Å². The quantitative estimate of drug-likeness (QED) is 0.443. The smallest absolute Gasteiger partial charge is 0.233 e. The second-order valence-electron chi connectivity index (χ2n) is 8.71. The van der Waals surface area contributed by atoms with Crippen molar-refractivity contribution in [3.8, 4) is 0 Å². The van der Waals surface area contributed by atoms with Gasteiger partial charge < -0.3 is 10.6 Å². The molecule has 1 aliphatic rings. The van der Waals surface area contributed by atoms with Gasteiger partial charge in [0.05, 0.1) is 11.1 Å². The summed E-state index contributed by atoms with van der Waals surface area (Å²) in [7, 11) is 0. The highest BCUT2D eigenvalue weighted by molar-refractivity contribution is 7.99. The molecular weight excluding hydrogens is 412 g/mol. The number of nitrogens with two attached hydrogens (primary N) is 1. The summed E-state index contributed by atoms with van der Waals surface area (Å²) in [5.41, 5.74) is 8.50. The lowest BCUT2D eigenvalue weighted by molar-refractivity contribution is -0.133. The van der Waals surface area contributed by atoms with Crippen LogP contribution in [0.3, 0.4) is 0 Å². The molecule has 2 N–H and O–H groups in total. The van der Waals surface area contributed by atoms with Crippen LogP contribution < -0.4 is 5.73 Å². The maximum absolute atomic E-state index is 13.1. The molecule has 5 nitrogen and oxygen atoms in total. The molecule has 2 heterocycles. The molecule has 7 heteroatoms. The van der Waals surface area contributed by atoms with Gasteiger partial charge in [-0.2, -0.15) is 0 Å². The summed E-state index contributed by atoms with van der Waals surface area (Å²) in [5.74, 6) is 0.913. The van der Waals surface area contributed by atoms with Crippen molar-refractivity contribution in [2.24, 2.45) is 0 Å². The molecule has 0 unspecified atom stereocenters. The third kappa shape index (κ3) is 4.47. The summed E-state index contributed by atoms with van der Waals surface area (Å²) >= 11 is 3.11. The van der Waals surface area contributed by atoms with Crippen LogP contribution in [0.25, 0.3) is 10.2 Å². The predicted octanol–water partition coefficient (Wildman–Crippen LogP) is 5.07. The molecule has 0 fully saturated rings.